The van der Waals surface area contributed by atoms with Crippen LogP contribution in [0.25, 0.3) is 11.4 Å². The lowest BCUT2D eigenvalue weighted by Crippen LogP contribution is -2.00. The third-order valence-corrected chi connectivity index (χ3v) is 6.81. The SMILES string of the molecule is CCCCCCCCCCCCn1cc(CSc2nnc(-c3ccc(F)cc3)n2CC)nn1. The van der Waals surface area contributed by atoms with Gasteiger partial charge in [0.15, 0.2) is 11.0 Å². The van der Waals surface area contributed by atoms with E-state index in [9.17, 15) is 4.39 Å². The van der Waals surface area contributed by atoms with Gasteiger partial charge in [-0.2, -0.15) is 0 Å². The summed E-state index contributed by atoms with van der Waals surface area (Å²) in [5.74, 6) is 1.20. The van der Waals surface area contributed by atoms with E-state index in [1.165, 1.54) is 69.9 Å². The van der Waals surface area contributed by atoms with Crippen LogP contribution in [-0.4, -0.2) is 29.8 Å². The summed E-state index contributed by atoms with van der Waals surface area (Å²) < 4.78 is 17.2. The maximum atomic E-state index is 13.2. The Hall–Kier alpha value is -2.22. The van der Waals surface area contributed by atoms with Crippen molar-refractivity contribution < 1.29 is 4.39 Å². The van der Waals surface area contributed by atoms with E-state index in [0.717, 1.165) is 41.7 Å². The first-order valence-electron chi connectivity index (χ1n) is 12.4. The Kier molecular flexibility index (Phi) is 10.9. The molecular formula is C25H37FN6S. The van der Waals surface area contributed by atoms with Gasteiger partial charge >= 0.3 is 0 Å². The van der Waals surface area contributed by atoms with Gasteiger partial charge in [-0.25, -0.2) is 4.39 Å². The third kappa shape index (κ3) is 8.25. The predicted molar refractivity (Wildman–Crippen MR) is 133 cm³/mol. The van der Waals surface area contributed by atoms with Crippen LogP contribution in [0.5, 0.6) is 0 Å². The van der Waals surface area contributed by atoms with Crippen LogP contribution in [0.1, 0.15) is 83.7 Å². The Bertz CT molecular complexity index is 937. The Balaban J connectivity index is 1.37. The fourth-order valence-corrected chi connectivity index (χ4v) is 4.79. The lowest BCUT2D eigenvalue weighted by Gasteiger charge is -2.06. The molecule has 0 amide bonds. The highest BCUT2D eigenvalue weighted by Gasteiger charge is 2.14. The molecule has 1 aromatic carbocycles. The molecule has 0 spiro atoms. The Morgan fingerprint density at radius 3 is 2.15 bits per heavy atom. The lowest BCUT2D eigenvalue weighted by molar-refractivity contribution is 0.507. The van der Waals surface area contributed by atoms with E-state index in [1.807, 2.05) is 15.4 Å². The molecule has 3 aromatic rings. The number of rotatable bonds is 16. The number of aromatic nitrogens is 6. The van der Waals surface area contributed by atoms with Crippen molar-refractivity contribution >= 4 is 11.8 Å². The van der Waals surface area contributed by atoms with Gasteiger partial charge in [-0.3, -0.25) is 4.68 Å². The van der Waals surface area contributed by atoms with Gasteiger partial charge in [0.25, 0.3) is 0 Å². The molecule has 8 heteroatoms. The normalized spacial score (nSPS) is 11.4. The molecule has 2 aromatic heterocycles. The van der Waals surface area contributed by atoms with E-state index in [0.29, 0.717) is 5.75 Å². The van der Waals surface area contributed by atoms with Crippen LogP contribution in [0.2, 0.25) is 0 Å². The fourth-order valence-electron chi connectivity index (χ4n) is 3.91. The molecule has 0 saturated carbocycles. The second kappa shape index (κ2) is 14.1. The number of nitrogens with zero attached hydrogens (tertiary/aromatic N) is 6. The van der Waals surface area contributed by atoms with E-state index in [1.54, 1.807) is 23.9 Å². The van der Waals surface area contributed by atoms with Crippen molar-refractivity contribution in [3.63, 3.8) is 0 Å². The molecule has 0 aliphatic carbocycles. The summed E-state index contributed by atoms with van der Waals surface area (Å²) in [4.78, 5) is 0. The molecule has 0 fully saturated rings. The van der Waals surface area contributed by atoms with Gasteiger partial charge in [0, 0.05) is 30.6 Å². The minimum absolute atomic E-state index is 0.253. The number of halogens is 1. The number of thioether (sulfide) groups is 1. The molecule has 0 radical (unpaired) electrons. The maximum Gasteiger partial charge on any atom is 0.191 e. The van der Waals surface area contributed by atoms with Crippen LogP contribution in [-0.2, 0) is 18.8 Å². The number of hydrogen-bond acceptors (Lipinski definition) is 5. The molecule has 0 N–H and O–H groups in total. The zero-order valence-electron chi connectivity index (χ0n) is 20.0. The van der Waals surface area contributed by atoms with Crippen LogP contribution in [0, 0.1) is 5.82 Å². The van der Waals surface area contributed by atoms with E-state index < -0.39 is 0 Å². The van der Waals surface area contributed by atoms with Crippen molar-refractivity contribution in [1.82, 2.24) is 29.8 Å². The van der Waals surface area contributed by atoms with Crippen LogP contribution < -0.4 is 0 Å². The Morgan fingerprint density at radius 1 is 0.818 bits per heavy atom. The second-order valence-corrected chi connectivity index (χ2v) is 9.44. The van der Waals surface area contributed by atoms with Crippen molar-refractivity contribution in [3.8, 4) is 11.4 Å². The van der Waals surface area contributed by atoms with Gasteiger partial charge in [0.05, 0.1) is 5.69 Å². The van der Waals surface area contributed by atoms with E-state index in [-0.39, 0.29) is 5.82 Å². The fraction of sp³-hybridized carbons (Fsp3) is 0.600. The van der Waals surface area contributed by atoms with E-state index in [4.69, 9.17) is 0 Å². The molecule has 3 rings (SSSR count). The first kappa shape index (κ1) is 25.4. The Morgan fingerprint density at radius 2 is 1.48 bits per heavy atom. The minimum atomic E-state index is -0.253. The minimum Gasteiger partial charge on any atom is -0.302 e. The molecular weight excluding hydrogens is 435 g/mol. The second-order valence-electron chi connectivity index (χ2n) is 8.50. The smallest absolute Gasteiger partial charge is 0.191 e. The van der Waals surface area contributed by atoms with Crippen molar-refractivity contribution in [2.24, 2.45) is 0 Å². The zero-order valence-corrected chi connectivity index (χ0v) is 20.9. The molecule has 0 saturated heterocycles. The molecule has 2 heterocycles. The Labute approximate surface area is 201 Å². The number of benzene rings is 1. The number of hydrogen-bond donors (Lipinski definition) is 0. The number of unbranched alkanes of at least 4 members (excludes halogenated alkanes) is 9. The van der Waals surface area contributed by atoms with Crippen LogP contribution in [0.3, 0.4) is 0 Å². The summed E-state index contributed by atoms with van der Waals surface area (Å²) in [6, 6.07) is 6.37. The topological polar surface area (TPSA) is 61.4 Å². The van der Waals surface area contributed by atoms with Gasteiger partial charge in [0.2, 0.25) is 0 Å². The summed E-state index contributed by atoms with van der Waals surface area (Å²) in [5, 5.41) is 18.1. The largest absolute Gasteiger partial charge is 0.302 e. The van der Waals surface area contributed by atoms with Crippen LogP contribution in [0.15, 0.2) is 35.6 Å². The van der Waals surface area contributed by atoms with Crippen LogP contribution in [0.4, 0.5) is 4.39 Å². The highest BCUT2D eigenvalue weighted by Crippen LogP contribution is 2.26. The van der Waals surface area contributed by atoms with Gasteiger partial charge in [-0.1, -0.05) is 81.7 Å². The lowest BCUT2D eigenvalue weighted by atomic mass is 10.1. The van der Waals surface area contributed by atoms with Gasteiger partial charge in [-0.05, 0) is 37.6 Å². The van der Waals surface area contributed by atoms with E-state index >= 15 is 0 Å². The summed E-state index contributed by atoms with van der Waals surface area (Å²) in [6.07, 6.45) is 15.4. The molecule has 6 nitrogen and oxygen atoms in total. The molecule has 0 aliphatic rings. The third-order valence-electron chi connectivity index (χ3n) is 5.81. The first-order valence-corrected chi connectivity index (χ1v) is 13.4. The highest BCUT2D eigenvalue weighted by molar-refractivity contribution is 7.98. The van der Waals surface area contributed by atoms with Crippen molar-refractivity contribution in [3.05, 3.63) is 42.0 Å². The average molecular weight is 473 g/mol. The molecule has 0 unspecified atom stereocenters. The van der Waals surface area contributed by atoms with Crippen molar-refractivity contribution in [1.29, 1.82) is 0 Å². The average Bonchev–Trinajstić information content (AvgIpc) is 3.46. The maximum absolute atomic E-state index is 13.2. The van der Waals surface area contributed by atoms with Crippen molar-refractivity contribution in [2.45, 2.75) is 102 Å². The molecule has 0 bridgehead atoms. The van der Waals surface area contributed by atoms with Gasteiger partial charge in [0.1, 0.15) is 5.82 Å². The summed E-state index contributed by atoms with van der Waals surface area (Å²) in [5.41, 5.74) is 1.81. The molecule has 0 atom stereocenters. The zero-order chi connectivity index (χ0) is 23.3. The quantitative estimate of drug-likeness (QED) is 0.167. The summed E-state index contributed by atoms with van der Waals surface area (Å²) in [6.45, 7) is 5.99. The molecule has 180 valence electrons. The molecule has 0 aliphatic heterocycles. The van der Waals surface area contributed by atoms with Crippen LogP contribution >= 0.6 is 11.8 Å². The first-order chi connectivity index (χ1) is 16.2. The monoisotopic (exact) mass is 472 g/mol. The molecule has 33 heavy (non-hydrogen) atoms. The van der Waals surface area contributed by atoms with Gasteiger partial charge in [-0.15, -0.1) is 15.3 Å². The van der Waals surface area contributed by atoms with Crippen molar-refractivity contribution in [2.75, 3.05) is 0 Å². The standard InChI is InChI=1S/C25H37FN6S/c1-3-5-6-7-8-9-10-11-12-13-18-31-19-23(27-30-31)20-33-25-29-28-24(32(25)4-2)21-14-16-22(26)17-15-21/h14-17,19H,3-13,18,20H2,1-2H3. The highest BCUT2D eigenvalue weighted by atomic mass is 32.2. The van der Waals surface area contributed by atoms with Gasteiger partial charge < -0.3 is 4.57 Å². The summed E-state index contributed by atoms with van der Waals surface area (Å²) in [7, 11) is 0. The summed E-state index contributed by atoms with van der Waals surface area (Å²) >= 11 is 1.60. The predicted octanol–water partition coefficient (Wildman–Crippen LogP) is 6.91. The number of aryl methyl sites for hydroxylation is 1. The van der Waals surface area contributed by atoms with E-state index in [2.05, 4.69) is 34.4 Å².